The molecule has 0 saturated heterocycles. The number of furan rings is 1. The second kappa shape index (κ2) is 2.23. The first-order valence-corrected chi connectivity index (χ1v) is 2.74. The molecule has 0 atom stereocenters. The molecule has 2 heteroatoms. The van der Waals surface area contributed by atoms with Crippen LogP contribution < -0.4 is 0 Å². The minimum Gasteiger partial charge on any atom is -0.467 e. The molecule has 0 N–H and O–H groups in total. The second-order valence-electron chi connectivity index (χ2n) is 1.42. The van der Waals surface area contributed by atoms with Gasteiger partial charge in [-0.15, -0.1) is 0 Å². The molecule has 0 aliphatic carbocycles. The summed E-state index contributed by atoms with van der Waals surface area (Å²) in [6, 6.07) is 1.72. The molecule has 1 aromatic heterocycles. The lowest BCUT2D eigenvalue weighted by atomic mass is 10.4. The lowest BCUT2D eigenvalue weighted by Gasteiger charge is -1.84. The summed E-state index contributed by atoms with van der Waals surface area (Å²) in [7, 11) is 0. The topological polar surface area (TPSA) is 13.1 Å². The van der Waals surface area contributed by atoms with Crippen molar-refractivity contribution in [2.45, 2.75) is 6.92 Å². The summed E-state index contributed by atoms with van der Waals surface area (Å²) in [6.45, 7) is 1.88. The normalized spacial score (nSPS) is 9.75. The molecule has 0 saturated carbocycles. The molecule has 0 fully saturated rings. The number of halogens is 1. The lowest BCUT2D eigenvalue weighted by Crippen LogP contribution is -1.67. The van der Waals surface area contributed by atoms with Crippen LogP contribution in [0.1, 0.15) is 12.7 Å². The van der Waals surface area contributed by atoms with Crippen LogP contribution in [0.25, 0.3) is 0 Å². The standard InChI is InChI=1S/C6H6ClO/c1-2-6-5(7)3-4-8-6/h2-4H,1H3. The zero-order chi connectivity index (χ0) is 5.98. The Morgan fingerprint density at radius 2 is 2.50 bits per heavy atom. The largest absolute Gasteiger partial charge is 0.467 e. The van der Waals surface area contributed by atoms with Crippen molar-refractivity contribution in [3.05, 3.63) is 29.5 Å². The summed E-state index contributed by atoms with van der Waals surface area (Å²) in [5.74, 6) is 0.742. The highest BCUT2D eigenvalue weighted by Gasteiger charge is 1.97. The average Bonchev–Trinajstić information content (AvgIpc) is 2.14. The fourth-order valence-corrected chi connectivity index (χ4v) is 0.717. The van der Waals surface area contributed by atoms with Gasteiger partial charge in [-0.25, -0.2) is 0 Å². The molecule has 0 amide bonds. The Morgan fingerprint density at radius 1 is 1.75 bits per heavy atom. The minimum atomic E-state index is 0.674. The van der Waals surface area contributed by atoms with Gasteiger partial charge < -0.3 is 4.42 Å². The molecule has 1 nitrogen and oxygen atoms in total. The molecule has 43 valence electrons. The molecule has 1 aromatic rings. The van der Waals surface area contributed by atoms with E-state index in [2.05, 4.69) is 0 Å². The van der Waals surface area contributed by atoms with E-state index in [1.54, 1.807) is 12.3 Å². The van der Waals surface area contributed by atoms with Gasteiger partial charge in [0.05, 0.1) is 11.3 Å². The van der Waals surface area contributed by atoms with Gasteiger partial charge in [-0.05, 0) is 6.07 Å². The van der Waals surface area contributed by atoms with Gasteiger partial charge in [0.15, 0.2) is 0 Å². The van der Waals surface area contributed by atoms with Crippen LogP contribution in [0.5, 0.6) is 0 Å². The molecular weight excluding hydrogens is 124 g/mol. The molecule has 0 aliphatic rings. The van der Waals surface area contributed by atoms with Crippen LogP contribution in [-0.4, -0.2) is 0 Å². The Kier molecular flexibility index (Phi) is 1.59. The maximum Gasteiger partial charge on any atom is 0.125 e. The molecule has 0 spiro atoms. The van der Waals surface area contributed by atoms with Crippen molar-refractivity contribution in [3.63, 3.8) is 0 Å². The van der Waals surface area contributed by atoms with Crippen LogP contribution in [0.15, 0.2) is 16.7 Å². The first-order chi connectivity index (χ1) is 3.84. The van der Waals surface area contributed by atoms with E-state index >= 15 is 0 Å². The summed E-state index contributed by atoms with van der Waals surface area (Å²) >= 11 is 5.61. The van der Waals surface area contributed by atoms with Gasteiger partial charge in [0.2, 0.25) is 0 Å². The van der Waals surface area contributed by atoms with Crippen molar-refractivity contribution >= 4 is 11.6 Å². The maximum atomic E-state index is 5.61. The molecule has 1 rings (SSSR count). The van der Waals surface area contributed by atoms with E-state index in [9.17, 15) is 0 Å². The van der Waals surface area contributed by atoms with E-state index in [-0.39, 0.29) is 0 Å². The summed E-state index contributed by atoms with van der Waals surface area (Å²) in [6.07, 6.45) is 3.39. The molecule has 1 heterocycles. The number of hydrogen-bond donors (Lipinski definition) is 0. The zero-order valence-electron chi connectivity index (χ0n) is 4.52. The predicted molar refractivity (Wildman–Crippen MR) is 32.8 cm³/mol. The molecule has 1 radical (unpaired) electrons. The van der Waals surface area contributed by atoms with Crippen molar-refractivity contribution in [2.75, 3.05) is 0 Å². The first-order valence-electron chi connectivity index (χ1n) is 2.37. The molecular formula is C6H6ClO. The fraction of sp³-hybridized carbons (Fsp3) is 0.167. The van der Waals surface area contributed by atoms with Gasteiger partial charge in [-0.2, -0.15) is 0 Å². The molecule has 0 aliphatic heterocycles. The van der Waals surface area contributed by atoms with Crippen molar-refractivity contribution in [2.24, 2.45) is 0 Å². The second-order valence-corrected chi connectivity index (χ2v) is 1.83. The summed E-state index contributed by atoms with van der Waals surface area (Å²) < 4.78 is 4.93. The van der Waals surface area contributed by atoms with Crippen LogP contribution in [0.2, 0.25) is 5.02 Å². The SMILES string of the molecule is C[CH]c1occc1Cl. The Bertz CT molecular complexity index is 169. The highest BCUT2D eigenvalue weighted by Crippen LogP contribution is 2.17. The van der Waals surface area contributed by atoms with Crippen molar-refractivity contribution < 1.29 is 4.42 Å². The lowest BCUT2D eigenvalue weighted by molar-refractivity contribution is 0.540. The highest BCUT2D eigenvalue weighted by molar-refractivity contribution is 6.31. The fourth-order valence-electron chi connectivity index (χ4n) is 0.511. The Morgan fingerprint density at radius 3 is 2.75 bits per heavy atom. The van der Waals surface area contributed by atoms with Gasteiger partial charge in [0.25, 0.3) is 0 Å². The van der Waals surface area contributed by atoms with E-state index in [0.717, 1.165) is 5.76 Å². The maximum absolute atomic E-state index is 5.61. The summed E-state index contributed by atoms with van der Waals surface area (Å²) in [4.78, 5) is 0. The quantitative estimate of drug-likeness (QED) is 0.568. The van der Waals surface area contributed by atoms with Crippen LogP contribution in [-0.2, 0) is 0 Å². The Balaban J connectivity index is 2.92. The Labute approximate surface area is 53.3 Å². The van der Waals surface area contributed by atoms with E-state index in [0.29, 0.717) is 5.02 Å². The molecule has 0 aromatic carbocycles. The third-order valence-corrected chi connectivity index (χ3v) is 1.22. The number of hydrogen-bond acceptors (Lipinski definition) is 1. The van der Waals surface area contributed by atoms with Gasteiger partial charge in [0, 0.05) is 6.42 Å². The van der Waals surface area contributed by atoms with E-state index < -0.39 is 0 Å². The predicted octanol–water partition coefficient (Wildman–Crippen LogP) is 2.51. The monoisotopic (exact) mass is 129 g/mol. The van der Waals surface area contributed by atoms with E-state index in [4.69, 9.17) is 16.0 Å². The van der Waals surface area contributed by atoms with Crippen LogP contribution >= 0.6 is 11.6 Å². The third kappa shape index (κ3) is 0.869. The van der Waals surface area contributed by atoms with Crippen molar-refractivity contribution in [3.8, 4) is 0 Å². The van der Waals surface area contributed by atoms with Crippen LogP contribution in [0, 0.1) is 6.42 Å². The van der Waals surface area contributed by atoms with Gasteiger partial charge in [-0.1, -0.05) is 18.5 Å². The third-order valence-electron chi connectivity index (χ3n) is 0.907. The van der Waals surface area contributed by atoms with Crippen LogP contribution in [0.3, 0.4) is 0 Å². The van der Waals surface area contributed by atoms with Crippen molar-refractivity contribution in [1.29, 1.82) is 0 Å². The van der Waals surface area contributed by atoms with E-state index in [1.807, 2.05) is 13.3 Å². The average molecular weight is 130 g/mol. The zero-order valence-corrected chi connectivity index (χ0v) is 5.27. The van der Waals surface area contributed by atoms with Gasteiger partial charge in [0.1, 0.15) is 5.76 Å². The summed E-state index contributed by atoms with van der Waals surface area (Å²) in [5, 5.41) is 0.674. The Hall–Kier alpha value is -0.430. The number of rotatable bonds is 1. The first kappa shape index (κ1) is 5.70. The van der Waals surface area contributed by atoms with Crippen LogP contribution in [0.4, 0.5) is 0 Å². The summed E-state index contributed by atoms with van der Waals surface area (Å²) in [5.41, 5.74) is 0. The van der Waals surface area contributed by atoms with Crippen molar-refractivity contribution in [1.82, 2.24) is 0 Å². The molecule has 0 unspecified atom stereocenters. The smallest absolute Gasteiger partial charge is 0.125 e. The highest BCUT2D eigenvalue weighted by atomic mass is 35.5. The van der Waals surface area contributed by atoms with Gasteiger partial charge in [-0.3, -0.25) is 0 Å². The molecule has 8 heavy (non-hydrogen) atoms. The minimum absolute atomic E-state index is 0.674. The molecule has 0 bridgehead atoms. The van der Waals surface area contributed by atoms with Gasteiger partial charge >= 0.3 is 0 Å². The van der Waals surface area contributed by atoms with E-state index in [1.165, 1.54) is 0 Å².